The van der Waals surface area contributed by atoms with Crippen LogP contribution in [0.3, 0.4) is 0 Å². The molecule has 3 atom stereocenters. The van der Waals surface area contributed by atoms with E-state index in [-0.39, 0.29) is 24.9 Å². The first-order valence-corrected chi connectivity index (χ1v) is 27.5. The van der Waals surface area contributed by atoms with Gasteiger partial charge in [0.2, 0.25) is 5.91 Å². The lowest BCUT2D eigenvalue weighted by Crippen LogP contribution is -2.46. The van der Waals surface area contributed by atoms with Gasteiger partial charge in [-0.3, -0.25) is 9.59 Å². The van der Waals surface area contributed by atoms with Crippen molar-refractivity contribution in [1.82, 2.24) is 5.32 Å². The molecule has 66 heavy (non-hydrogen) atoms. The molecule has 0 spiro atoms. The molecule has 6 heteroatoms. The molecule has 0 fully saturated rings. The van der Waals surface area contributed by atoms with Crippen LogP contribution in [0.5, 0.6) is 0 Å². The maximum Gasteiger partial charge on any atom is 0.306 e. The number of ether oxygens (including phenoxy) is 1. The molecule has 0 aliphatic rings. The van der Waals surface area contributed by atoms with Crippen molar-refractivity contribution in [3.63, 3.8) is 0 Å². The van der Waals surface area contributed by atoms with Crippen LogP contribution in [0.15, 0.2) is 97.2 Å². The Balaban J connectivity index is 4.71. The average Bonchev–Trinajstić information content (AvgIpc) is 3.31. The van der Waals surface area contributed by atoms with Gasteiger partial charge in [-0.15, -0.1) is 0 Å². The molecule has 0 aromatic rings. The van der Waals surface area contributed by atoms with Crippen LogP contribution in [0.1, 0.15) is 245 Å². The summed E-state index contributed by atoms with van der Waals surface area (Å²) < 4.78 is 5.93. The largest absolute Gasteiger partial charge is 0.462 e. The molecule has 1 amide bonds. The topological polar surface area (TPSA) is 95.9 Å². The van der Waals surface area contributed by atoms with Crippen LogP contribution in [0.2, 0.25) is 0 Å². The van der Waals surface area contributed by atoms with Crippen molar-refractivity contribution in [3.8, 4) is 0 Å². The second-order valence-corrected chi connectivity index (χ2v) is 18.2. The van der Waals surface area contributed by atoms with Gasteiger partial charge in [0.15, 0.2) is 0 Å². The summed E-state index contributed by atoms with van der Waals surface area (Å²) in [5.41, 5.74) is 0. The smallest absolute Gasteiger partial charge is 0.306 e. The molecular weight excluding hydrogens is 815 g/mol. The van der Waals surface area contributed by atoms with Crippen LogP contribution in [0.4, 0.5) is 0 Å². The van der Waals surface area contributed by atoms with E-state index in [0.29, 0.717) is 19.3 Å². The molecule has 0 bridgehead atoms. The molecule has 0 rings (SSSR count). The van der Waals surface area contributed by atoms with E-state index < -0.39 is 18.2 Å². The molecule has 0 heterocycles. The number of hydrogen-bond donors (Lipinski definition) is 3. The zero-order valence-electron chi connectivity index (χ0n) is 43.0. The average molecular weight is 918 g/mol. The lowest BCUT2D eigenvalue weighted by atomic mass is 10.0. The van der Waals surface area contributed by atoms with Gasteiger partial charge in [-0.2, -0.15) is 0 Å². The van der Waals surface area contributed by atoms with E-state index in [9.17, 15) is 19.8 Å². The predicted molar refractivity (Wildman–Crippen MR) is 287 cm³/mol. The van der Waals surface area contributed by atoms with Gasteiger partial charge >= 0.3 is 5.97 Å². The van der Waals surface area contributed by atoms with E-state index in [1.54, 1.807) is 0 Å². The standard InChI is InChI=1S/C60H103NO5/c1-4-7-10-13-16-19-22-24-26-28-29-31-33-35-38-41-44-47-50-53-60(65)66-56(51-48-45-42-39-37-34-32-30-27-25-23-20-17-14-11-8-5-2)54-59(64)61-57(55-62)58(63)52-49-46-43-40-36-21-18-15-12-9-6-3/h7,10,16-17,19-20,24-27,29,31-32,34-35,38,56-58,62-63H,4-6,8-9,11-15,18,21-23,28,30,33,36-37,39-55H2,1-3H3,(H,61,64)/b10-7-,19-16-,20-17-,26-24-,27-25-,31-29-,34-32-,38-35-. The van der Waals surface area contributed by atoms with Gasteiger partial charge in [-0.25, -0.2) is 0 Å². The number of hydrogen-bond acceptors (Lipinski definition) is 5. The monoisotopic (exact) mass is 918 g/mol. The second kappa shape index (κ2) is 52.7. The predicted octanol–water partition coefficient (Wildman–Crippen LogP) is 16.9. The number of aliphatic hydroxyl groups excluding tert-OH is 2. The summed E-state index contributed by atoms with van der Waals surface area (Å²) in [5.74, 6) is -0.538. The number of carbonyl (C=O) groups is 2. The third-order valence-electron chi connectivity index (χ3n) is 11.9. The number of nitrogens with one attached hydrogen (secondary N) is 1. The summed E-state index contributed by atoms with van der Waals surface area (Å²) in [7, 11) is 0. The molecule has 3 N–H and O–H groups in total. The Kier molecular flexibility index (Phi) is 50.2. The van der Waals surface area contributed by atoms with Gasteiger partial charge in [0.25, 0.3) is 0 Å². The van der Waals surface area contributed by atoms with E-state index in [1.165, 1.54) is 77.0 Å². The fourth-order valence-corrected chi connectivity index (χ4v) is 7.76. The number of allylic oxidation sites excluding steroid dienone is 16. The van der Waals surface area contributed by atoms with Crippen LogP contribution < -0.4 is 5.32 Å². The molecule has 0 aromatic heterocycles. The molecule has 0 aliphatic heterocycles. The fourth-order valence-electron chi connectivity index (χ4n) is 7.76. The number of rotatable bonds is 48. The summed E-state index contributed by atoms with van der Waals surface area (Å²) in [6, 6.07) is -0.722. The van der Waals surface area contributed by atoms with Crippen molar-refractivity contribution in [1.29, 1.82) is 0 Å². The highest BCUT2D eigenvalue weighted by Gasteiger charge is 2.24. The number of esters is 1. The molecule has 3 unspecified atom stereocenters. The number of unbranched alkanes of at least 4 members (excludes halogenated alkanes) is 20. The number of aliphatic hydroxyl groups is 2. The minimum atomic E-state index is -0.805. The van der Waals surface area contributed by atoms with Gasteiger partial charge in [0, 0.05) is 6.42 Å². The van der Waals surface area contributed by atoms with Crippen LogP contribution in [-0.4, -0.2) is 46.9 Å². The molecule has 6 nitrogen and oxygen atoms in total. The Morgan fingerprint density at radius 2 is 0.818 bits per heavy atom. The summed E-state index contributed by atoms with van der Waals surface area (Å²) in [6.07, 6.45) is 70.3. The van der Waals surface area contributed by atoms with Gasteiger partial charge < -0.3 is 20.3 Å². The quantitative estimate of drug-likeness (QED) is 0.0321. The zero-order chi connectivity index (χ0) is 48.1. The maximum atomic E-state index is 13.2. The van der Waals surface area contributed by atoms with Crippen molar-refractivity contribution in [2.75, 3.05) is 6.61 Å². The molecule has 378 valence electrons. The van der Waals surface area contributed by atoms with Gasteiger partial charge in [0.1, 0.15) is 6.10 Å². The van der Waals surface area contributed by atoms with E-state index in [1.807, 2.05) is 0 Å². The summed E-state index contributed by atoms with van der Waals surface area (Å²) in [5, 5.41) is 23.8. The van der Waals surface area contributed by atoms with Gasteiger partial charge in [-0.1, -0.05) is 221 Å². The van der Waals surface area contributed by atoms with Crippen molar-refractivity contribution >= 4 is 11.9 Å². The van der Waals surface area contributed by atoms with Crippen LogP contribution in [-0.2, 0) is 14.3 Å². The Bertz CT molecular complexity index is 1310. The first kappa shape index (κ1) is 62.8. The third kappa shape index (κ3) is 47.3. The number of amides is 1. The SMILES string of the molecule is CC/C=C\C/C=C\C/C=C\C/C=C\C/C=C\CCCCCC(=O)OC(CCCCCC/C=C\C/C=C\C/C=C\CCCCC)CC(=O)NC(CO)C(O)CCCCCCCCCCCCC. The van der Waals surface area contributed by atoms with Crippen molar-refractivity contribution in [3.05, 3.63) is 97.2 Å². The lowest BCUT2D eigenvalue weighted by Gasteiger charge is -2.24. The highest BCUT2D eigenvalue weighted by molar-refractivity contribution is 5.77. The number of carbonyl (C=O) groups excluding carboxylic acids is 2. The first-order chi connectivity index (χ1) is 32.5. The second-order valence-electron chi connectivity index (χ2n) is 18.2. The first-order valence-electron chi connectivity index (χ1n) is 27.5. The molecule has 0 aromatic carbocycles. The van der Waals surface area contributed by atoms with Gasteiger partial charge in [-0.05, 0) is 109 Å². The maximum absolute atomic E-state index is 13.2. The minimum absolute atomic E-state index is 0.0440. The summed E-state index contributed by atoms with van der Waals surface area (Å²) >= 11 is 0. The highest BCUT2D eigenvalue weighted by atomic mass is 16.5. The Morgan fingerprint density at radius 1 is 0.455 bits per heavy atom. The Morgan fingerprint density at radius 3 is 1.27 bits per heavy atom. The summed E-state index contributed by atoms with van der Waals surface area (Å²) in [6.45, 7) is 6.32. The minimum Gasteiger partial charge on any atom is -0.462 e. The fraction of sp³-hybridized carbons (Fsp3) is 0.700. The third-order valence-corrected chi connectivity index (χ3v) is 11.9. The van der Waals surface area contributed by atoms with E-state index in [0.717, 1.165) is 122 Å². The van der Waals surface area contributed by atoms with E-state index in [2.05, 4.69) is 123 Å². The van der Waals surface area contributed by atoms with Gasteiger partial charge in [0.05, 0.1) is 25.2 Å². The molecular formula is C60H103NO5. The molecule has 0 aliphatic carbocycles. The van der Waals surface area contributed by atoms with E-state index in [4.69, 9.17) is 4.74 Å². The van der Waals surface area contributed by atoms with Crippen LogP contribution in [0, 0.1) is 0 Å². The molecule has 0 saturated carbocycles. The van der Waals surface area contributed by atoms with E-state index >= 15 is 0 Å². The molecule has 0 saturated heterocycles. The van der Waals surface area contributed by atoms with Crippen LogP contribution in [0.25, 0.3) is 0 Å². The highest BCUT2D eigenvalue weighted by Crippen LogP contribution is 2.17. The van der Waals surface area contributed by atoms with Crippen molar-refractivity contribution in [2.45, 2.75) is 264 Å². The Labute approximate surface area is 407 Å². The zero-order valence-corrected chi connectivity index (χ0v) is 43.0. The van der Waals surface area contributed by atoms with Crippen LogP contribution >= 0.6 is 0 Å². The summed E-state index contributed by atoms with van der Waals surface area (Å²) in [4.78, 5) is 26.2. The molecule has 0 radical (unpaired) electrons. The van der Waals surface area contributed by atoms with Crippen molar-refractivity contribution < 1.29 is 24.5 Å². The Hall–Kier alpha value is -3.22. The normalized spacial score (nSPS) is 14.0. The lowest BCUT2D eigenvalue weighted by molar-refractivity contribution is -0.151. The van der Waals surface area contributed by atoms with Crippen molar-refractivity contribution in [2.24, 2.45) is 0 Å².